The second-order valence-corrected chi connectivity index (χ2v) is 9.14. The van der Waals surface area contributed by atoms with Crippen LogP contribution in [0.4, 0.5) is 22.3 Å². The predicted octanol–water partition coefficient (Wildman–Crippen LogP) is 4.30. The number of piperazine rings is 1. The van der Waals surface area contributed by atoms with E-state index in [0.717, 1.165) is 59.5 Å². The average Bonchev–Trinajstić information content (AvgIpc) is 3.25. The van der Waals surface area contributed by atoms with Gasteiger partial charge in [0.25, 0.3) is 0 Å². The van der Waals surface area contributed by atoms with E-state index in [1.165, 1.54) is 23.2 Å². The molecule has 1 aliphatic heterocycles. The number of thiazole rings is 1. The van der Waals surface area contributed by atoms with Crippen molar-refractivity contribution in [2.24, 2.45) is 0 Å². The molecule has 0 amide bonds. The first-order valence-corrected chi connectivity index (χ1v) is 11.7. The Hall–Kier alpha value is -3.51. The van der Waals surface area contributed by atoms with Crippen molar-refractivity contribution >= 4 is 44.0 Å². The summed E-state index contributed by atoms with van der Waals surface area (Å²) in [4.78, 5) is 18.3. The van der Waals surface area contributed by atoms with Crippen LogP contribution >= 0.6 is 11.3 Å². The standard InChI is InChI=1S/C25H25N7S/c1-3-18-5-4-6-21(15-18)28-23-22-24(27-17-26-23)30-25(33-22)29-20-9-7-19(8-10-20)16-32-13-11-31(2)12-14-32/h1,4-10,15,17H,11-14,16H2,2H3,(H2,26,27,28,29,30). The van der Waals surface area contributed by atoms with Gasteiger partial charge >= 0.3 is 0 Å². The van der Waals surface area contributed by atoms with Crippen molar-refractivity contribution in [2.45, 2.75) is 6.54 Å². The number of nitrogens with zero attached hydrogens (tertiary/aromatic N) is 5. The second kappa shape index (κ2) is 9.55. The largest absolute Gasteiger partial charge is 0.339 e. The van der Waals surface area contributed by atoms with Crippen molar-refractivity contribution in [3.63, 3.8) is 0 Å². The average molecular weight is 456 g/mol. The van der Waals surface area contributed by atoms with Crippen LogP contribution < -0.4 is 10.6 Å². The van der Waals surface area contributed by atoms with E-state index in [-0.39, 0.29) is 0 Å². The Kier molecular flexibility index (Phi) is 6.17. The molecule has 2 aromatic heterocycles. The van der Waals surface area contributed by atoms with Crippen LogP contribution in [0.15, 0.2) is 54.9 Å². The van der Waals surface area contributed by atoms with Crippen molar-refractivity contribution < 1.29 is 0 Å². The number of hydrogen-bond acceptors (Lipinski definition) is 8. The molecule has 0 radical (unpaired) electrons. The zero-order valence-corrected chi connectivity index (χ0v) is 19.3. The molecule has 1 aliphatic rings. The minimum absolute atomic E-state index is 0.653. The molecule has 0 spiro atoms. The summed E-state index contributed by atoms with van der Waals surface area (Å²) >= 11 is 1.52. The maximum absolute atomic E-state index is 5.52. The zero-order chi connectivity index (χ0) is 22.6. The third-order valence-electron chi connectivity index (χ3n) is 5.69. The molecule has 1 saturated heterocycles. The topological polar surface area (TPSA) is 69.2 Å². The molecule has 0 bridgehead atoms. The lowest BCUT2D eigenvalue weighted by Crippen LogP contribution is -2.43. The van der Waals surface area contributed by atoms with Gasteiger partial charge in [-0.15, -0.1) is 6.42 Å². The Bertz CT molecular complexity index is 1280. The number of rotatable bonds is 6. The van der Waals surface area contributed by atoms with E-state index in [4.69, 9.17) is 6.42 Å². The van der Waals surface area contributed by atoms with Gasteiger partial charge in [0, 0.05) is 49.7 Å². The van der Waals surface area contributed by atoms with Crippen LogP contribution in [0.2, 0.25) is 0 Å². The molecule has 0 saturated carbocycles. The smallest absolute Gasteiger partial charge is 0.189 e. The normalized spacial score (nSPS) is 14.8. The van der Waals surface area contributed by atoms with Crippen molar-refractivity contribution in [3.05, 3.63) is 66.0 Å². The molecular weight excluding hydrogens is 430 g/mol. The van der Waals surface area contributed by atoms with E-state index in [2.05, 4.69) is 72.6 Å². The van der Waals surface area contributed by atoms with Gasteiger partial charge in [-0.2, -0.15) is 4.98 Å². The Morgan fingerprint density at radius 2 is 1.82 bits per heavy atom. The molecule has 5 rings (SSSR count). The van der Waals surface area contributed by atoms with Crippen LogP contribution in [0.3, 0.4) is 0 Å². The zero-order valence-electron chi connectivity index (χ0n) is 18.5. The Morgan fingerprint density at radius 1 is 1.00 bits per heavy atom. The first-order valence-electron chi connectivity index (χ1n) is 10.9. The van der Waals surface area contributed by atoms with Gasteiger partial charge in [-0.05, 0) is 42.9 Å². The molecule has 33 heavy (non-hydrogen) atoms. The molecule has 1 fully saturated rings. The first-order chi connectivity index (χ1) is 16.2. The summed E-state index contributed by atoms with van der Waals surface area (Å²) in [5, 5.41) is 7.52. The number of anilines is 4. The summed E-state index contributed by atoms with van der Waals surface area (Å²) in [6, 6.07) is 16.3. The number of benzene rings is 2. The van der Waals surface area contributed by atoms with Gasteiger partial charge in [0.15, 0.2) is 16.6 Å². The van der Waals surface area contributed by atoms with Crippen LogP contribution in [-0.2, 0) is 6.54 Å². The number of aromatic nitrogens is 3. The van der Waals surface area contributed by atoms with Crippen molar-refractivity contribution in [3.8, 4) is 12.3 Å². The van der Waals surface area contributed by atoms with Crippen LogP contribution in [-0.4, -0.2) is 58.0 Å². The van der Waals surface area contributed by atoms with E-state index in [9.17, 15) is 0 Å². The summed E-state index contributed by atoms with van der Waals surface area (Å²) in [6.07, 6.45) is 7.04. The second-order valence-electron chi connectivity index (χ2n) is 8.15. The molecule has 0 atom stereocenters. The van der Waals surface area contributed by atoms with Gasteiger partial charge in [-0.3, -0.25) is 4.90 Å². The van der Waals surface area contributed by atoms with Gasteiger partial charge in [0.05, 0.1) is 0 Å². The summed E-state index contributed by atoms with van der Waals surface area (Å²) in [7, 11) is 2.18. The highest BCUT2D eigenvalue weighted by molar-refractivity contribution is 7.22. The third kappa shape index (κ3) is 5.12. The van der Waals surface area contributed by atoms with E-state index in [0.29, 0.717) is 11.5 Å². The quantitative estimate of drug-likeness (QED) is 0.420. The summed E-state index contributed by atoms with van der Waals surface area (Å²) in [5.41, 5.74) is 4.67. The van der Waals surface area contributed by atoms with E-state index >= 15 is 0 Å². The van der Waals surface area contributed by atoms with Crippen molar-refractivity contribution in [1.29, 1.82) is 0 Å². The van der Waals surface area contributed by atoms with Crippen molar-refractivity contribution in [2.75, 3.05) is 43.9 Å². The molecule has 2 N–H and O–H groups in total. The highest BCUT2D eigenvalue weighted by Gasteiger charge is 2.14. The van der Waals surface area contributed by atoms with Gasteiger partial charge in [0.2, 0.25) is 0 Å². The molecule has 8 heteroatoms. The Morgan fingerprint density at radius 3 is 2.61 bits per heavy atom. The fourth-order valence-corrected chi connectivity index (χ4v) is 4.69. The van der Waals surface area contributed by atoms with E-state index < -0.39 is 0 Å². The molecule has 166 valence electrons. The van der Waals surface area contributed by atoms with Gasteiger partial charge < -0.3 is 15.5 Å². The molecule has 0 aliphatic carbocycles. The van der Waals surface area contributed by atoms with Crippen LogP contribution in [0.1, 0.15) is 11.1 Å². The number of nitrogens with one attached hydrogen (secondary N) is 2. The summed E-state index contributed by atoms with van der Waals surface area (Å²) < 4.78 is 0.887. The highest BCUT2D eigenvalue weighted by atomic mass is 32.1. The molecule has 2 aromatic carbocycles. The maximum Gasteiger partial charge on any atom is 0.189 e. The Balaban J connectivity index is 1.28. The first kappa shape index (κ1) is 21.3. The number of terminal acetylenes is 1. The lowest BCUT2D eigenvalue weighted by molar-refractivity contribution is 0.148. The molecule has 0 unspecified atom stereocenters. The van der Waals surface area contributed by atoms with Crippen LogP contribution in [0.5, 0.6) is 0 Å². The molecule has 3 heterocycles. The molecule has 4 aromatic rings. The SMILES string of the molecule is C#Cc1cccc(Nc2ncnc3nc(Nc4ccc(CN5CCN(C)CC5)cc4)sc23)c1. The predicted molar refractivity (Wildman–Crippen MR) is 135 cm³/mol. The van der Waals surface area contributed by atoms with Gasteiger partial charge in [0.1, 0.15) is 11.0 Å². The minimum atomic E-state index is 0.653. The lowest BCUT2D eigenvalue weighted by Gasteiger charge is -2.32. The van der Waals surface area contributed by atoms with E-state index in [1.807, 2.05) is 24.3 Å². The monoisotopic (exact) mass is 455 g/mol. The lowest BCUT2D eigenvalue weighted by atomic mass is 10.2. The number of fused-ring (bicyclic) bond motifs is 1. The Labute approximate surface area is 197 Å². The minimum Gasteiger partial charge on any atom is -0.339 e. The van der Waals surface area contributed by atoms with E-state index in [1.54, 1.807) is 0 Å². The van der Waals surface area contributed by atoms with Crippen LogP contribution in [0.25, 0.3) is 10.3 Å². The van der Waals surface area contributed by atoms with Gasteiger partial charge in [-0.25, -0.2) is 9.97 Å². The molecule has 7 nitrogen and oxygen atoms in total. The maximum atomic E-state index is 5.52. The number of hydrogen-bond donors (Lipinski definition) is 2. The summed E-state index contributed by atoms with van der Waals surface area (Å²) in [5.74, 6) is 3.36. The fourth-order valence-electron chi connectivity index (χ4n) is 3.80. The van der Waals surface area contributed by atoms with Gasteiger partial charge in [-0.1, -0.05) is 35.5 Å². The van der Waals surface area contributed by atoms with Crippen LogP contribution in [0, 0.1) is 12.3 Å². The third-order valence-corrected chi connectivity index (χ3v) is 6.66. The number of likely N-dealkylation sites (N-methyl/N-ethyl adjacent to an activating group) is 1. The highest BCUT2D eigenvalue weighted by Crippen LogP contribution is 2.32. The summed E-state index contributed by atoms with van der Waals surface area (Å²) in [6.45, 7) is 5.48. The van der Waals surface area contributed by atoms with Crippen molar-refractivity contribution in [1.82, 2.24) is 24.8 Å². The fraction of sp³-hybridized carbons (Fsp3) is 0.240. The molecular formula is C25H25N7S.